The van der Waals surface area contributed by atoms with Crippen LogP contribution >= 0.6 is 0 Å². The number of rotatable bonds is 19. The molecule has 0 spiro atoms. The van der Waals surface area contributed by atoms with E-state index in [2.05, 4.69) is 183 Å². The van der Waals surface area contributed by atoms with Gasteiger partial charge in [0.25, 0.3) is 5.91 Å². The largest absolute Gasteiger partial charge is 0.353 e. The minimum absolute atomic E-state index is 0.00554. The minimum Gasteiger partial charge on any atom is -0.353 e. The topological polar surface area (TPSA) is 234 Å². The number of nitrogens with two attached hydrogens (primary N) is 4. The van der Waals surface area contributed by atoms with Gasteiger partial charge in [-0.25, -0.2) is 0 Å². The lowest BCUT2D eigenvalue weighted by molar-refractivity contribution is -0.139. The number of likely N-dealkylation sites (tertiary alicyclic amines) is 1. The zero-order valence-electron chi connectivity index (χ0n) is 53.9. The fraction of sp³-hybridized carbons (Fsp3) is 0.871. The fourth-order valence-electron chi connectivity index (χ4n) is 8.62. The molecule has 75 heavy (non-hydrogen) atoms. The van der Waals surface area contributed by atoms with Crippen molar-refractivity contribution in [1.29, 1.82) is 0 Å². The molecule has 1 aliphatic rings. The van der Waals surface area contributed by atoms with E-state index in [9.17, 15) is 28.8 Å². The van der Waals surface area contributed by atoms with E-state index in [1.807, 2.05) is 6.92 Å². The molecule has 0 aromatic heterocycles. The molecule has 1 aliphatic heterocycles. The first-order valence-electron chi connectivity index (χ1n) is 28.3. The Morgan fingerprint density at radius 2 is 0.773 bits per heavy atom. The van der Waals surface area contributed by atoms with Gasteiger partial charge in [-0.2, -0.15) is 0 Å². The van der Waals surface area contributed by atoms with E-state index in [0.29, 0.717) is 34.5 Å². The zero-order chi connectivity index (χ0) is 60.5. The average Bonchev–Trinajstić information content (AvgIpc) is 3.45. The minimum atomic E-state index is -0.589. The summed E-state index contributed by atoms with van der Waals surface area (Å²) in [7, 11) is 0. The molecule has 0 bridgehead atoms. The van der Waals surface area contributed by atoms with Crippen molar-refractivity contribution < 1.29 is 28.8 Å². The molecule has 1 saturated heterocycles. The normalized spacial score (nSPS) is 16.1. The third-order valence-corrected chi connectivity index (χ3v) is 11.8. The van der Waals surface area contributed by atoms with Crippen molar-refractivity contribution in [2.24, 2.45) is 66.3 Å². The van der Waals surface area contributed by atoms with Gasteiger partial charge in [-0.15, -0.1) is 0 Å². The molecular formula is C62H125N7O6. The van der Waals surface area contributed by atoms with Crippen molar-refractivity contribution in [3.05, 3.63) is 12.8 Å². The number of nitrogens with zero attached hydrogens (tertiary/aromatic N) is 1. The first-order valence-corrected chi connectivity index (χ1v) is 28.3. The van der Waals surface area contributed by atoms with E-state index in [1.54, 1.807) is 6.92 Å². The second-order valence-corrected chi connectivity index (χ2v) is 31.2. The first-order chi connectivity index (χ1) is 33.1. The lowest BCUT2D eigenvalue weighted by Crippen LogP contribution is -2.48. The molecule has 1 fully saturated rings. The van der Waals surface area contributed by atoms with Crippen LogP contribution in [0.4, 0.5) is 0 Å². The summed E-state index contributed by atoms with van der Waals surface area (Å²) in [5, 5.41) is 5.99. The number of nitrogens with one attached hydrogen (secondary N) is 2. The number of carbonyl (C=O) groups excluding carboxylic acids is 6. The predicted octanol–water partition coefficient (Wildman–Crippen LogP) is 12.7. The number of hydrogen-bond acceptors (Lipinski definition) is 10. The maximum atomic E-state index is 12.5. The Balaban J connectivity index is -0.000000469. The Bertz CT molecular complexity index is 1590. The predicted molar refractivity (Wildman–Crippen MR) is 319 cm³/mol. The Kier molecular flexibility index (Phi) is 35.7. The van der Waals surface area contributed by atoms with Crippen molar-refractivity contribution in [3.8, 4) is 0 Å². The maximum Gasteiger partial charge on any atom is 0.287 e. The molecule has 0 radical (unpaired) electrons. The van der Waals surface area contributed by atoms with Gasteiger partial charge in [-0.1, -0.05) is 180 Å². The molecule has 0 saturated carbocycles. The van der Waals surface area contributed by atoms with E-state index in [4.69, 9.17) is 22.9 Å². The van der Waals surface area contributed by atoms with Crippen LogP contribution < -0.4 is 33.6 Å². The summed E-state index contributed by atoms with van der Waals surface area (Å²) < 4.78 is 0. The fourth-order valence-corrected chi connectivity index (χ4v) is 8.62. The van der Waals surface area contributed by atoms with Gasteiger partial charge in [0.2, 0.25) is 23.5 Å². The zero-order valence-corrected chi connectivity index (χ0v) is 53.9. The van der Waals surface area contributed by atoms with E-state index >= 15 is 0 Å². The average molecular weight is 1060 g/mol. The third kappa shape index (κ3) is 50.3. The van der Waals surface area contributed by atoms with Gasteiger partial charge in [-0.3, -0.25) is 28.9 Å². The number of ketones is 2. The van der Waals surface area contributed by atoms with Crippen molar-refractivity contribution in [3.63, 3.8) is 0 Å². The van der Waals surface area contributed by atoms with Gasteiger partial charge < -0.3 is 38.4 Å². The van der Waals surface area contributed by atoms with Crippen LogP contribution in [-0.4, -0.2) is 76.3 Å². The number of Topliss-reactive ketones (excluding diaryl/α,β-unsaturated/α-hetero) is 2. The standard InChI is InChI=1S/C25H48N2O3.2C13H30N2.C6H7NO2.C5H10O/c1-22(2,3)15-18(24(7,8)9)26-20(29)14-13-17(28)21(30)27-19(25(10,11)12)16-23(4,5)6;2*1-12(2,3)8-10(14)7-11(15)9-13(4,5)6;1-2-7-5(8)3-4-6(7)9;1-3-4-5(2)6/h18-19H,13-16H2,1-12H3,(H,26,29)(H,27,30);2*10-11H,7-9,14-15H2,1-6H3;2H,1,3-4H2;3-4H2,1-2H3. The molecular weight excluding hydrogens is 939 g/mol. The van der Waals surface area contributed by atoms with Crippen molar-refractivity contribution in [2.75, 3.05) is 0 Å². The van der Waals surface area contributed by atoms with Crippen LogP contribution in [0.15, 0.2) is 12.8 Å². The van der Waals surface area contributed by atoms with Crippen LogP contribution in [0, 0.1) is 43.3 Å². The lowest BCUT2D eigenvalue weighted by atomic mass is 9.76. The van der Waals surface area contributed by atoms with E-state index in [1.165, 1.54) is 6.20 Å². The molecule has 6 atom stereocenters. The van der Waals surface area contributed by atoms with E-state index in [0.717, 1.165) is 69.1 Å². The van der Waals surface area contributed by atoms with Gasteiger partial charge in [0.15, 0.2) is 0 Å². The summed E-state index contributed by atoms with van der Waals surface area (Å²) in [4.78, 5) is 69.8. The maximum absolute atomic E-state index is 12.5. The summed E-state index contributed by atoms with van der Waals surface area (Å²) in [5.41, 5.74) is 25.5. The second kappa shape index (κ2) is 34.1. The highest BCUT2D eigenvalue weighted by molar-refractivity contribution is 6.36. The molecule has 1 heterocycles. The molecule has 0 aromatic rings. The Morgan fingerprint density at radius 1 is 0.493 bits per heavy atom. The first kappa shape index (κ1) is 78.5. The van der Waals surface area contributed by atoms with Gasteiger partial charge in [0.05, 0.1) is 0 Å². The smallest absolute Gasteiger partial charge is 0.287 e. The van der Waals surface area contributed by atoms with Gasteiger partial charge in [0, 0.05) is 74.6 Å². The number of amides is 4. The van der Waals surface area contributed by atoms with Crippen LogP contribution in [-0.2, 0) is 28.8 Å². The van der Waals surface area contributed by atoms with Crippen LogP contribution in [0.1, 0.15) is 270 Å². The van der Waals surface area contributed by atoms with Crippen molar-refractivity contribution in [2.45, 2.75) is 306 Å². The van der Waals surface area contributed by atoms with Crippen molar-refractivity contribution in [1.82, 2.24) is 15.5 Å². The molecule has 13 nitrogen and oxygen atoms in total. The second-order valence-electron chi connectivity index (χ2n) is 31.2. The SMILES string of the molecule is C=CN1C(=O)CCC1=O.CC(C)(C)CC(N)CC(N)CC(C)(C)C.CC(C)(C)CC(N)CC(N)CC(C)(C)C.CC(C)(C)CC(NC(=O)CCC(=O)C(=O)NC(CC(C)(C)C)C(C)(C)C)C(C)(C)C.CCCC(C)=O. The van der Waals surface area contributed by atoms with E-state index in [-0.39, 0.29) is 94.3 Å². The monoisotopic (exact) mass is 1060 g/mol. The molecule has 0 aromatic carbocycles. The molecule has 444 valence electrons. The third-order valence-electron chi connectivity index (χ3n) is 11.8. The highest BCUT2D eigenvalue weighted by Gasteiger charge is 2.34. The van der Waals surface area contributed by atoms with Crippen molar-refractivity contribution >= 4 is 35.2 Å². The van der Waals surface area contributed by atoms with Gasteiger partial charge in [0.1, 0.15) is 5.78 Å². The van der Waals surface area contributed by atoms with Gasteiger partial charge >= 0.3 is 0 Å². The summed E-state index contributed by atoms with van der Waals surface area (Å²) in [5.74, 6) is -1.30. The van der Waals surface area contributed by atoms with Crippen LogP contribution in [0.25, 0.3) is 0 Å². The van der Waals surface area contributed by atoms with E-state index < -0.39 is 11.7 Å². The van der Waals surface area contributed by atoms with Crippen LogP contribution in [0.5, 0.6) is 0 Å². The summed E-state index contributed by atoms with van der Waals surface area (Å²) in [6, 6.07) is 0.847. The van der Waals surface area contributed by atoms with Gasteiger partial charge in [-0.05, 0) is 108 Å². The Morgan fingerprint density at radius 3 is 0.973 bits per heavy atom. The molecule has 6 unspecified atom stereocenters. The Hall–Kier alpha value is -3.00. The quantitative estimate of drug-likeness (QED) is 0.0529. The summed E-state index contributed by atoms with van der Waals surface area (Å²) in [6.07, 6.45) is 11.3. The van der Waals surface area contributed by atoms with Crippen LogP contribution in [0.2, 0.25) is 0 Å². The lowest BCUT2D eigenvalue weighted by Gasteiger charge is -2.36. The number of carbonyl (C=O) groups is 6. The van der Waals surface area contributed by atoms with Crippen LogP contribution in [0.3, 0.4) is 0 Å². The molecule has 1 rings (SSSR count). The molecule has 4 amide bonds. The molecule has 10 N–H and O–H groups in total. The highest BCUT2D eigenvalue weighted by atomic mass is 16.2. The number of hydrogen-bond donors (Lipinski definition) is 6. The molecule has 0 aliphatic carbocycles. The Labute approximate surface area is 463 Å². The molecule has 13 heteroatoms. The summed E-state index contributed by atoms with van der Waals surface area (Å²) >= 11 is 0. The highest BCUT2D eigenvalue weighted by Crippen LogP contribution is 2.32. The summed E-state index contributed by atoms with van der Waals surface area (Å²) in [6.45, 7) is 58.9. The number of imide groups is 1.